The van der Waals surface area contributed by atoms with Crippen molar-refractivity contribution in [3.63, 3.8) is 0 Å². The second-order valence-electron chi connectivity index (χ2n) is 2.86. The standard InChI is InChI=1S/C7H3F4.C2H4O2.Sn/c1-3-6(10)4(8)2-5(9)7(3)11;1-2(3)4;/h2H,1H2;1H3,(H,3,4);/q;;+1/p-1. The molecule has 86 valence electrons. The van der Waals surface area contributed by atoms with Crippen molar-refractivity contribution in [2.24, 2.45) is 0 Å². The molecule has 2 radical (unpaired) electrons. The van der Waals surface area contributed by atoms with Gasteiger partial charge in [0.2, 0.25) is 0 Å². The Labute approximate surface area is 99.4 Å². The Bertz CT molecular complexity index is 396. The summed E-state index contributed by atoms with van der Waals surface area (Å²) in [6.45, 7) is 1.15. The fourth-order valence-electron chi connectivity index (χ4n) is 0.988. The summed E-state index contributed by atoms with van der Waals surface area (Å²) >= 11 is -1.85. The minimum atomic E-state index is -1.85. The summed E-state index contributed by atoms with van der Waals surface area (Å²) in [7, 11) is 0. The minimum absolute atomic E-state index is 0.144. The molecule has 0 aromatic heterocycles. The van der Waals surface area contributed by atoms with E-state index < -0.39 is 56.4 Å². The zero-order chi connectivity index (χ0) is 12.3. The van der Waals surface area contributed by atoms with Gasteiger partial charge in [0.1, 0.15) is 0 Å². The van der Waals surface area contributed by atoms with Crippen LogP contribution in [-0.4, -0.2) is 27.5 Å². The van der Waals surface area contributed by atoms with E-state index in [1.54, 1.807) is 0 Å². The average molecular weight is 341 g/mol. The van der Waals surface area contributed by atoms with Crippen LogP contribution < -0.4 is 0 Å². The maximum atomic E-state index is 13.1. The molecule has 2 nitrogen and oxygen atoms in total. The van der Waals surface area contributed by atoms with Crippen LogP contribution in [0.5, 0.6) is 0 Å². The molecule has 0 spiro atoms. The van der Waals surface area contributed by atoms with Gasteiger partial charge in [0.25, 0.3) is 0 Å². The molecule has 0 aliphatic heterocycles. The van der Waals surface area contributed by atoms with Crippen LogP contribution in [0, 0.1) is 23.3 Å². The number of halogens is 4. The van der Waals surface area contributed by atoms with Crippen molar-refractivity contribution in [3.8, 4) is 0 Å². The molecule has 1 rings (SSSR count). The zero-order valence-electron chi connectivity index (χ0n) is 8.11. The topological polar surface area (TPSA) is 26.3 Å². The van der Waals surface area contributed by atoms with E-state index in [2.05, 4.69) is 3.07 Å². The number of hydrogen-bond acceptors (Lipinski definition) is 2. The van der Waals surface area contributed by atoms with E-state index in [0.717, 1.165) is 6.92 Å². The Hall–Kier alpha value is -0.791. The van der Waals surface area contributed by atoms with E-state index >= 15 is 0 Å². The summed E-state index contributed by atoms with van der Waals surface area (Å²) in [5, 5.41) is 0. The van der Waals surface area contributed by atoms with Crippen molar-refractivity contribution in [2.75, 3.05) is 0 Å². The molecule has 16 heavy (non-hydrogen) atoms. The number of hydrogen-bond donors (Lipinski definition) is 0. The maximum absolute atomic E-state index is 13.1. The van der Waals surface area contributed by atoms with Crippen molar-refractivity contribution in [3.05, 3.63) is 34.9 Å². The molecule has 0 aliphatic carbocycles. The zero-order valence-corrected chi connectivity index (χ0v) is 11.0. The third-order valence-corrected chi connectivity index (χ3v) is 4.32. The molecule has 0 amide bonds. The Balaban J connectivity index is 2.90. The van der Waals surface area contributed by atoms with Crippen molar-refractivity contribution in [2.45, 2.75) is 11.4 Å². The van der Waals surface area contributed by atoms with Crippen LogP contribution in [0.3, 0.4) is 0 Å². The first-order valence-corrected chi connectivity index (χ1v) is 7.34. The predicted octanol–water partition coefficient (Wildman–Crippen LogP) is 1.93. The van der Waals surface area contributed by atoms with E-state index in [9.17, 15) is 22.4 Å². The predicted molar refractivity (Wildman–Crippen MR) is 47.5 cm³/mol. The van der Waals surface area contributed by atoms with Crippen LogP contribution >= 0.6 is 0 Å². The van der Waals surface area contributed by atoms with Crippen molar-refractivity contribution < 1.29 is 25.4 Å². The van der Waals surface area contributed by atoms with E-state index in [1.165, 1.54) is 0 Å². The Morgan fingerprint density at radius 3 is 2.19 bits per heavy atom. The molecule has 0 aliphatic rings. The monoisotopic (exact) mass is 342 g/mol. The van der Waals surface area contributed by atoms with Gasteiger partial charge in [-0.15, -0.1) is 0 Å². The van der Waals surface area contributed by atoms with Gasteiger partial charge in [-0.3, -0.25) is 0 Å². The Morgan fingerprint density at radius 2 is 1.75 bits per heavy atom. The van der Waals surface area contributed by atoms with E-state index in [1.807, 2.05) is 0 Å². The third kappa shape index (κ3) is 3.10. The second-order valence-corrected chi connectivity index (χ2v) is 5.28. The molecule has 0 unspecified atom stereocenters. The van der Waals surface area contributed by atoms with E-state index in [-0.39, 0.29) is 10.5 Å². The molecule has 0 fully saturated rings. The van der Waals surface area contributed by atoms with Crippen molar-refractivity contribution in [1.29, 1.82) is 0 Å². The van der Waals surface area contributed by atoms with Crippen molar-refractivity contribution in [1.82, 2.24) is 0 Å². The fraction of sp³-hybridized carbons (Fsp3) is 0.222. The van der Waals surface area contributed by atoms with Gasteiger partial charge >= 0.3 is 99.2 Å². The molecule has 0 heterocycles. The average Bonchev–Trinajstić information content (AvgIpc) is 2.20. The number of carbonyl (C=O) groups excluding carboxylic acids is 1. The molecule has 0 saturated heterocycles. The molecule has 1 aromatic rings. The third-order valence-electron chi connectivity index (χ3n) is 1.67. The number of carbonyl (C=O) groups is 1. The van der Waals surface area contributed by atoms with Crippen molar-refractivity contribution >= 4 is 27.5 Å². The van der Waals surface area contributed by atoms with Crippen LogP contribution in [0.2, 0.25) is 0 Å². The number of benzene rings is 1. The summed E-state index contributed by atoms with van der Waals surface area (Å²) in [6, 6.07) is 0.144. The van der Waals surface area contributed by atoms with Crippen LogP contribution in [0.4, 0.5) is 17.6 Å². The first kappa shape index (κ1) is 13.3. The van der Waals surface area contributed by atoms with E-state index in [4.69, 9.17) is 0 Å². The molecular formula is C9H6F4O2Sn. The summed E-state index contributed by atoms with van der Waals surface area (Å²) in [6.07, 6.45) is 0. The Kier molecular flexibility index (Phi) is 4.57. The van der Waals surface area contributed by atoms with Gasteiger partial charge in [0.05, 0.1) is 0 Å². The normalized spacial score (nSPS) is 10.3. The summed E-state index contributed by atoms with van der Waals surface area (Å²) in [4.78, 5) is 10.4. The van der Waals surface area contributed by atoms with Gasteiger partial charge in [-0.2, -0.15) is 0 Å². The number of rotatable bonds is 3. The van der Waals surface area contributed by atoms with Crippen LogP contribution in [0.15, 0.2) is 6.07 Å². The van der Waals surface area contributed by atoms with Crippen LogP contribution in [0.1, 0.15) is 12.5 Å². The fourth-order valence-corrected chi connectivity index (χ4v) is 3.07. The summed E-state index contributed by atoms with van der Waals surface area (Å²) in [5.41, 5.74) is -0.689. The molecule has 1 aromatic carbocycles. The first-order valence-electron chi connectivity index (χ1n) is 4.15. The second kappa shape index (κ2) is 5.51. The van der Waals surface area contributed by atoms with Gasteiger partial charge < -0.3 is 0 Å². The quantitative estimate of drug-likeness (QED) is 0.477. The molecular weight excluding hydrogens is 335 g/mol. The van der Waals surface area contributed by atoms with Crippen LogP contribution in [0.25, 0.3) is 0 Å². The van der Waals surface area contributed by atoms with Gasteiger partial charge in [0, 0.05) is 0 Å². The molecule has 0 atom stereocenters. The molecule has 0 N–H and O–H groups in total. The van der Waals surface area contributed by atoms with Gasteiger partial charge in [-0.25, -0.2) is 0 Å². The van der Waals surface area contributed by atoms with Gasteiger partial charge in [-0.1, -0.05) is 0 Å². The van der Waals surface area contributed by atoms with Crippen LogP contribution in [-0.2, 0) is 12.3 Å². The van der Waals surface area contributed by atoms with Gasteiger partial charge in [-0.05, 0) is 0 Å². The summed E-state index contributed by atoms with van der Waals surface area (Å²) < 4.78 is 55.9. The summed E-state index contributed by atoms with van der Waals surface area (Å²) in [5.74, 6) is -6.31. The Morgan fingerprint density at radius 1 is 1.25 bits per heavy atom. The first-order chi connectivity index (χ1) is 7.43. The molecule has 0 bridgehead atoms. The molecule has 7 heteroatoms. The molecule has 0 saturated carbocycles. The van der Waals surface area contributed by atoms with Gasteiger partial charge in [0.15, 0.2) is 0 Å². The van der Waals surface area contributed by atoms with E-state index in [0.29, 0.717) is 0 Å². The SMILES string of the molecule is CC(=O)[O][Sn][CH2]c1c(F)c(F)cc(F)c1F.